The lowest BCUT2D eigenvalue weighted by atomic mass is 9.49. The summed E-state index contributed by atoms with van der Waals surface area (Å²) < 4.78 is 5.25. The zero-order valence-corrected chi connectivity index (χ0v) is 19.4. The quantitative estimate of drug-likeness (QED) is 0.639. The van der Waals surface area contributed by atoms with Crippen molar-refractivity contribution in [1.29, 1.82) is 0 Å². The van der Waals surface area contributed by atoms with Gasteiger partial charge in [-0.1, -0.05) is 12.1 Å². The molecule has 0 N–H and O–H groups in total. The van der Waals surface area contributed by atoms with Crippen LogP contribution in [0.5, 0.6) is 5.75 Å². The molecule has 0 radical (unpaired) electrons. The lowest BCUT2D eigenvalue weighted by molar-refractivity contribution is -0.142. The summed E-state index contributed by atoms with van der Waals surface area (Å²) in [5.74, 6) is 2.60. The summed E-state index contributed by atoms with van der Waals surface area (Å²) in [4.78, 5) is 42.3. The number of amides is 3. The third-order valence-corrected chi connectivity index (χ3v) is 8.80. The first-order valence-electron chi connectivity index (χ1n) is 11.9. The second-order valence-corrected chi connectivity index (χ2v) is 11.1. The van der Waals surface area contributed by atoms with Crippen molar-refractivity contribution in [2.24, 2.45) is 23.2 Å². The third kappa shape index (κ3) is 3.43. The van der Waals surface area contributed by atoms with Crippen LogP contribution < -0.4 is 4.74 Å². The fourth-order valence-corrected chi connectivity index (χ4v) is 7.73. The van der Waals surface area contributed by atoms with Crippen LogP contribution in [-0.4, -0.2) is 55.3 Å². The van der Waals surface area contributed by atoms with Gasteiger partial charge in [-0.3, -0.25) is 19.3 Å². The molecule has 0 spiro atoms. The maximum Gasteiger partial charge on any atom is 0.240 e. The Hall–Kier alpha value is -2.37. The second kappa shape index (κ2) is 7.60. The van der Waals surface area contributed by atoms with Crippen molar-refractivity contribution >= 4 is 17.7 Å². The van der Waals surface area contributed by atoms with Crippen molar-refractivity contribution in [1.82, 2.24) is 9.80 Å². The Morgan fingerprint density at radius 3 is 2.09 bits per heavy atom. The highest BCUT2D eigenvalue weighted by Crippen LogP contribution is 2.60. The van der Waals surface area contributed by atoms with Gasteiger partial charge in [-0.25, -0.2) is 0 Å². The minimum absolute atomic E-state index is 0.0249. The van der Waals surface area contributed by atoms with Crippen molar-refractivity contribution in [2.75, 3.05) is 27.7 Å². The van der Waals surface area contributed by atoms with E-state index in [0.29, 0.717) is 11.3 Å². The van der Waals surface area contributed by atoms with Gasteiger partial charge in [-0.2, -0.15) is 0 Å². The Labute approximate surface area is 190 Å². The smallest absolute Gasteiger partial charge is 0.240 e. The predicted molar refractivity (Wildman–Crippen MR) is 120 cm³/mol. The van der Waals surface area contributed by atoms with Crippen LogP contribution in [0.2, 0.25) is 0 Å². The average molecular weight is 439 g/mol. The summed E-state index contributed by atoms with van der Waals surface area (Å²) in [6.07, 6.45) is 7.89. The number of imide groups is 1. The number of hydrogen-bond donors (Lipinski definition) is 0. The van der Waals surface area contributed by atoms with Crippen LogP contribution in [0.1, 0.15) is 56.9 Å². The first kappa shape index (κ1) is 21.5. The van der Waals surface area contributed by atoms with Gasteiger partial charge >= 0.3 is 0 Å². The fraction of sp³-hybridized carbons (Fsp3) is 0.654. The first-order chi connectivity index (χ1) is 15.2. The average Bonchev–Trinajstić information content (AvgIpc) is 2.96. The molecule has 4 bridgehead atoms. The number of rotatable bonds is 6. The van der Waals surface area contributed by atoms with Crippen LogP contribution in [0.4, 0.5) is 0 Å². The molecule has 4 aliphatic carbocycles. The van der Waals surface area contributed by atoms with Gasteiger partial charge in [0.25, 0.3) is 0 Å². The minimum Gasteiger partial charge on any atom is -0.497 e. The van der Waals surface area contributed by atoms with Crippen LogP contribution in [0.25, 0.3) is 0 Å². The Morgan fingerprint density at radius 1 is 1.06 bits per heavy atom. The van der Waals surface area contributed by atoms with Crippen LogP contribution in [0.3, 0.4) is 0 Å². The van der Waals surface area contributed by atoms with Gasteiger partial charge < -0.3 is 9.64 Å². The Bertz CT molecular complexity index is 904. The van der Waals surface area contributed by atoms with Crippen LogP contribution >= 0.6 is 0 Å². The van der Waals surface area contributed by atoms with E-state index in [4.69, 9.17) is 4.74 Å². The summed E-state index contributed by atoms with van der Waals surface area (Å²) in [6.45, 7) is 0.770. The molecule has 1 saturated heterocycles. The van der Waals surface area contributed by atoms with Gasteiger partial charge in [0.1, 0.15) is 5.75 Å². The van der Waals surface area contributed by atoms with E-state index in [-0.39, 0.29) is 36.0 Å². The van der Waals surface area contributed by atoms with E-state index in [1.54, 1.807) is 19.2 Å². The van der Waals surface area contributed by atoms with E-state index >= 15 is 0 Å². The molecule has 0 aromatic heterocycles. The van der Waals surface area contributed by atoms with Crippen LogP contribution in [-0.2, 0) is 19.8 Å². The zero-order valence-electron chi connectivity index (χ0n) is 19.4. The Morgan fingerprint density at radius 2 is 1.62 bits per heavy atom. The molecular weight excluding hydrogens is 404 g/mol. The number of likely N-dealkylation sites (N-methyl/N-ethyl adjacent to an activating group) is 1. The summed E-state index contributed by atoms with van der Waals surface area (Å²) in [5, 5.41) is 0. The predicted octanol–water partition coefficient (Wildman–Crippen LogP) is 3.39. The van der Waals surface area contributed by atoms with E-state index in [9.17, 15) is 14.4 Å². The molecule has 32 heavy (non-hydrogen) atoms. The Balaban J connectivity index is 1.37. The molecule has 1 heterocycles. The molecule has 1 atom stereocenters. The molecule has 1 aromatic carbocycles. The van der Waals surface area contributed by atoms with E-state index < -0.39 is 5.41 Å². The van der Waals surface area contributed by atoms with Gasteiger partial charge in [0.2, 0.25) is 17.7 Å². The summed E-state index contributed by atoms with van der Waals surface area (Å²) in [7, 11) is 4.99. The number of likely N-dealkylation sites (tertiary alicyclic amines) is 1. The molecule has 1 aliphatic heterocycles. The highest BCUT2D eigenvalue weighted by atomic mass is 16.5. The number of methoxy groups -OCH3 is 1. The summed E-state index contributed by atoms with van der Waals surface area (Å²) in [6, 6.07) is 7.21. The lowest BCUT2D eigenvalue weighted by Crippen LogP contribution is -2.52. The van der Waals surface area contributed by atoms with Crippen LogP contribution in [0, 0.1) is 23.2 Å². The van der Waals surface area contributed by atoms with Crippen LogP contribution in [0.15, 0.2) is 24.3 Å². The molecule has 5 fully saturated rings. The van der Waals surface area contributed by atoms with E-state index in [1.165, 1.54) is 50.5 Å². The van der Waals surface area contributed by atoms with E-state index in [0.717, 1.165) is 24.3 Å². The molecule has 5 aliphatic rings. The highest BCUT2D eigenvalue weighted by molar-refractivity contribution is 6.10. The molecule has 1 aromatic rings. The molecule has 0 unspecified atom stereocenters. The number of carbonyl (C=O) groups excluding carboxylic acids is 3. The van der Waals surface area contributed by atoms with Gasteiger partial charge in [-0.15, -0.1) is 0 Å². The molecule has 6 rings (SSSR count). The zero-order chi connectivity index (χ0) is 22.7. The fourth-order valence-electron chi connectivity index (χ4n) is 7.73. The van der Waals surface area contributed by atoms with Gasteiger partial charge in [0.15, 0.2) is 0 Å². The monoisotopic (exact) mass is 438 g/mol. The van der Waals surface area contributed by atoms with Crippen molar-refractivity contribution in [3.05, 3.63) is 29.8 Å². The first-order valence-corrected chi connectivity index (χ1v) is 11.9. The van der Waals surface area contributed by atoms with E-state index in [2.05, 4.69) is 0 Å². The van der Waals surface area contributed by atoms with Crippen molar-refractivity contribution in [2.45, 2.75) is 56.8 Å². The van der Waals surface area contributed by atoms with Crippen molar-refractivity contribution < 1.29 is 19.1 Å². The second-order valence-electron chi connectivity index (χ2n) is 11.1. The number of ether oxygens (including phenoxy) is 1. The van der Waals surface area contributed by atoms with Gasteiger partial charge in [-0.05, 0) is 79.4 Å². The topological polar surface area (TPSA) is 66.9 Å². The van der Waals surface area contributed by atoms with Crippen molar-refractivity contribution in [3.8, 4) is 5.75 Å². The molecule has 6 heteroatoms. The molecule has 6 nitrogen and oxygen atoms in total. The van der Waals surface area contributed by atoms with Gasteiger partial charge in [0.05, 0.1) is 12.5 Å². The molecular formula is C26H34N2O4. The Kier molecular flexibility index (Phi) is 5.10. The maximum absolute atomic E-state index is 13.5. The summed E-state index contributed by atoms with van der Waals surface area (Å²) >= 11 is 0. The van der Waals surface area contributed by atoms with Crippen molar-refractivity contribution in [3.63, 3.8) is 0 Å². The number of nitrogens with zero attached hydrogens (tertiary/aromatic N) is 2. The minimum atomic E-state index is -1.13. The molecule has 4 saturated carbocycles. The third-order valence-electron chi connectivity index (χ3n) is 8.80. The number of benzene rings is 1. The molecule has 3 amide bonds. The van der Waals surface area contributed by atoms with E-state index in [1.807, 2.05) is 24.1 Å². The number of hydrogen-bond acceptors (Lipinski definition) is 4. The lowest BCUT2D eigenvalue weighted by Gasteiger charge is -2.57. The number of carbonyl (C=O) groups is 3. The maximum atomic E-state index is 13.5. The van der Waals surface area contributed by atoms with Gasteiger partial charge in [0, 0.05) is 33.5 Å². The highest BCUT2D eigenvalue weighted by Gasteiger charge is 2.54. The summed E-state index contributed by atoms with van der Waals surface area (Å²) in [5.41, 5.74) is -0.179. The normalized spacial score (nSPS) is 35.5. The SMILES string of the molecule is COc1ccc([C@]2(CC(=O)N(C)CC34CC5CC(CC(C5)C3)C4)CC(=O)N(C)C2=O)cc1. The standard InChI is InChI=1S/C26H34N2O4/c1-27(16-25-11-17-8-18(12-25)10-19(9-17)13-25)22(29)14-26(15-23(30)28(2)24(26)31)20-4-6-21(32-3)7-5-20/h4-7,17-19H,8-16H2,1-3H3/t17?,18?,19?,25?,26-/m0/s1. The largest absolute Gasteiger partial charge is 0.497 e. The molecule has 172 valence electrons.